The Morgan fingerprint density at radius 3 is 2.29 bits per heavy atom. The number of halogens is 1. The minimum absolute atomic E-state index is 0.0700. The summed E-state index contributed by atoms with van der Waals surface area (Å²) in [5.41, 5.74) is 0.579. The van der Waals surface area contributed by atoms with Gasteiger partial charge in [-0.2, -0.15) is 0 Å². The predicted octanol–water partition coefficient (Wildman–Crippen LogP) is 3.09. The Morgan fingerprint density at radius 1 is 1.24 bits per heavy atom. The lowest BCUT2D eigenvalue weighted by Gasteiger charge is -2.19. The molecule has 1 atom stereocenters. The van der Waals surface area contributed by atoms with E-state index in [1.54, 1.807) is 45.0 Å². The Morgan fingerprint density at radius 2 is 1.81 bits per heavy atom. The highest BCUT2D eigenvalue weighted by Gasteiger charge is 2.18. The van der Waals surface area contributed by atoms with Crippen molar-refractivity contribution in [2.75, 3.05) is 12.4 Å². The molecule has 1 unspecified atom stereocenters. The summed E-state index contributed by atoms with van der Waals surface area (Å²) in [6.45, 7) is 5.30. The molecule has 0 aliphatic rings. The second-order valence-electron chi connectivity index (χ2n) is 5.52. The number of carbonyl (C=O) groups is 2. The molecule has 116 valence electrons. The summed E-state index contributed by atoms with van der Waals surface area (Å²) in [5, 5.41) is 2.57. The molecular formula is C15H20FNO4. The Hall–Kier alpha value is -2.11. The minimum atomic E-state index is -1.69. The fourth-order valence-electron chi connectivity index (χ4n) is 1.56. The van der Waals surface area contributed by atoms with Gasteiger partial charge in [0.25, 0.3) is 0 Å². The van der Waals surface area contributed by atoms with Crippen molar-refractivity contribution < 1.29 is 23.5 Å². The first-order chi connectivity index (χ1) is 9.71. The van der Waals surface area contributed by atoms with Crippen LogP contribution in [0.1, 0.15) is 26.3 Å². The molecule has 0 radical (unpaired) electrons. The van der Waals surface area contributed by atoms with E-state index in [9.17, 15) is 14.0 Å². The first-order valence-corrected chi connectivity index (χ1v) is 6.52. The van der Waals surface area contributed by atoms with Gasteiger partial charge in [0.2, 0.25) is 6.17 Å². The van der Waals surface area contributed by atoms with E-state index in [1.165, 1.54) is 0 Å². The van der Waals surface area contributed by atoms with Crippen molar-refractivity contribution in [1.29, 1.82) is 0 Å². The van der Waals surface area contributed by atoms with Crippen molar-refractivity contribution in [2.45, 2.75) is 39.0 Å². The maximum absolute atomic E-state index is 13.4. The van der Waals surface area contributed by atoms with Gasteiger partial charge in [-0.25, -0.2) is 14.0 Å². The number of nitrogens with one attached hydrogen (secondary N) is 1. The van der Waals surface area contributed by atoms with Gasteiger partial charge in [0, 0.05) is 12.1 Å². The lowest BCUT2D eigenvalue weighted by atomic mass is 10.1. The third-order valence-electron chi connectivity index (χ3n) is 2.47. The van der Waals surface area contributed by atoms with Gasteiger partial charge in [-0.3, -0.25) is 5.32 Å². The highest BCUT2D eigenvalue weighted by Crippen LogP contribution is 2.14. The van der Waals surface area contributed by atoms with Crippen LogP contribution >= 0.6 is 0 Å². The largest absolute Gasteiger partial charge is 0.467 e. The van der Waals surface area contributed by atoms with Crippen molar-refractivity contribution in [3.05, 3.63) is 29.8 Å². The smallest absolute Gasteiger partial charge is 0.412 e. The molecule has 1 aromatic carbocycles. The van der Waals surface area contributed by atoms with Gasteiger partial charge >= 0.3 is 12.1 Å². The Balaban J connectivity index is 2.58. The summed E-state index contributed by atoms with van der Waals surface area (Å²) in [7, 11) is 1.14. The quantitative estimate of drug-likeness (QED) is 0.867. The number of carbonyl (C=O) groups excluding carboxylic acids is 2. The fourth-order valence-corrected chi connectivity index (χ4v) is 1.56. The highest BCUT2D eigenvalue weighted by molar-refractivity contribution is 5.84. The van der Waals surface area contributed by atoms with Crippen LogP contribution in [0.15, 0.2) is 24.3 Å². The minimum Gasteiger partial charge on any atom is -0.467 e. The molecule has 0 aliphatic heterocycles. The van der Waals surface area contributed by atoms with Crippen LogP contribution in [0.2, 0.25) is 0 Å². The van der Waals surface area contributed by atoms with Crippen molar-refractivity contribution in [3.8, 4) is 0 Å². The van der Waals surface area contributed by atoms with Crippen LogP contribution in [0.3, 0.4) is 0 Å². The van der Waals surface area contributed by atoms with Gasteiger partial charge in [0.1, 0.15) is 5.60 Å². The van der Waals surface area contributed by atoms with Crippen LogP contribution in [0.5, 0.6) is 0 Å². The zero-order valence-corrected chi connectivity index (χ0v) is 12.6. The lowest BCUT2D eigenvalue weighted by molar-refractivity contribution is -0.146. The maximum atomic E-state index is 13.4. The number of esters is 1. The van der Waals surface area contributed by atoms with E-state index in [2.05, 4.69) is 10.1 Å². The number of anilines is 1. The van der Waals surface area contributed by atoms with Gasteiger partial charge in [0.15, 0.2) is 0 Å². The van der Waals surface area contributed by atoms with Gasteiger partial charge in [-0.15, -0.1) is 0 Å². The fraction of sp³-hybridized carbons (Fsp3) is 0.467. The van der Waals surface area contributed by atoms with Crippen molar-refractivity contribution in [1.82, 2.24) is 0 Å². The molecular weight excluding hydrogens is 277 g/mol. The summed E-state index contributed by atoms with van der Waals surface area (Å²) in [5.74, 6) is -0.897. The number of methoxy groups -OCH3 is 1. The molecule has 6 heteroatoms. The van der Waals surface area contributed by atoms with Gasteiger partial charge < -0.3 is 9.47 Å². The van der Waals surface area contributed by atoms with E-state index in [-0.39, 0.29) is 6.42 Å². The first-order valence-electron chi connectivity index (χ1n) is 6.52. The van der Waals surface area contributed by atoms with Crippen LogP contribution in [-0.4, -0.2) is 30.9 Å². The molecule has 1 amide bonds. The van der Waals surface area contributed by atoms with Crippen LogP contribution in [0, 0.1) is 0 Å². The van der Waals surface area contributed by atoms with E-state index in [1.807, 2.05) is 0 Å². The summed E-state index contributed by atoms with van der Waals surface area (Å²) in [6, 6.07) is 6.48. The van der Waals surface area contributed by atoms with Gasteiger partial charge in [0.05, 0.1) is 7.11 Å². The number of benzene rings is 1. The maximum Gasteiger partial charge on any atom is 0.412 e. The third kappa shape index (κ3) is 6.25. The Kier molecular flexibility index (Phi) is 5.69. The Labute approximate surface area is 123 Å². The summed E-state index contributed by atoms with van der Waals surface area (Å²) < 4.78 is 22.8. The number of rotatable bonds is 4. The standard InChI is InChI=1S/C15H20FNO4/c1-15(2,3)21-14(19)17-11-7-5-10(6-8-11)9-12(16)13(18)20-4/h5-8,12H,9H2,1-4H3,(H,17,19). The Bertz CT molecular complexity index is 493. The first kappa shape index (κ1) is 16.9. The monoisotopic (exact) mass is 297 g/mol. The number of amides is 1. The summed E-state index contributed by atoms with van der Waals surface area (Å²) >= 11 is 0. The molecule has 0 saturated carbocycles. The van der Waals surface area contributed by atoms with E-state index in [4.69, 9.17) is 4.74 Å². The molecule has 0 aliphatic carbocycles. The SMILES string of the molecule is COC(=O)C(F)Cc1ccc(NC(=O)OC(C)(C)C)cc1. The van der Waals surface area contributed by atoms with Gasteiger partial charge in [-0.1, -0.05) is 12.1 Å². The summed E-state index contributed by atoms with van der Waals surface area (Å²) in [4.78, 5) is 22.6. The molecule has 1 rings (SSSR count). The zero-order chi connectivity index (χ0) is 16.0. The van der Waals surface area contributed by atoms with Crippen molar-refractivity contribution in [3.63, 3.8) is 0 Å². The number of ether oxygens (including phenoxy) is 2. The molecule has 5 nitrogen and oxygen atoms in total. The molecule has 0 fully saturated rings. The van der Waals surface area contributed by atoms with Crippen LogP contribution in [-0.2, 0) is 20.7 Å². The molecule has 1 aromatic rings. The lowest BCUT2D eigenvalue weighted by Crippen LogP contribution is -2.27. The predicted molar refractivity (Wildman–Crippen MR) is 76.9 cm³/mol. The average Bonchev–Trinajstić information content (AvgIpc) is 2.37. The summed E-state index contributed by atoms with van der Waals surface area (Å²) in [6.07, 6.45) is -2.33. The molecule has 0 aromatic heterocycles. The number of hydrogen-bond acceptors (Lipinski definition) is 4. The molecule has 0 bridgehead atoms. The van der Waals surface area contributed by atoms with E-state index in [0.29, 0.717) is 11.3 Å². The van der Waals surface area contributed by atoms with Crippen LogP contribution < -0.4 is 5.32 Å². The highest BCUT2D eigenvalue weighted by atomic mass is 19.1. The number of alkyl halides is 1. The van der Waals surface area contributed by atoms with E-state index < -0.39 is 23.8 Å². The molecule has 1 N–H and O–H groups in total. The van der Waals surface area contributed by atoms with Crippen LogP contribution in [0.4, 0.5) is 14.9 Å². The van der Waals surface area contributed by atoms with Crippen molar-refractivity contribution >= 4 is 17.7 Å². The average molecular weight is 297 g/mol. The molecule has 0 saturated heterocycles. The van der Waals surface area contributed by atoms with Crippen molar-refractivity contribution in [2.24, 2.45) is 0 Å². The van der Waals surface area contributed by atoms with E-state index >= 15 is 0 Å². The second-order valence-corrected chi connectivity index (χ2v) is 5.52. The molecule has 21 heavy (non-hydrogen) atoms. The molecule has 0 heterocycles. The van der Waals surface area contributed by atoms with Gasteiger partial charge in [-0.05, 0) is 38.5 Å². The van der Waals surface area contributed by atoms with Crippen LogP contribution in [0.25, 0.3) is 0 Å². The molecule has 0 spiro atoms. The zero-order valence-electron chi connectivity index (χ0n) is 12.6. The van der Waals surface area contributed by atoms with E-state index in [0.717, 1.165) is 7.11 Å². The normalized spacial score (nSPS) is 12.4. The second kappa shape index (κ2) is 7.06. The topological polar surface area (TPSA) is 64.6 Å². The number of hydrogen-bond donors (Lipinski definition) is 1. The third-order valence-corrected chi connectivity index (χ3v) is 2.47.